The number of rotatable bonds is 5. The third-order valence-electron chi connectivity index (χ3n) is 3.87. The Morgan fingerprint density at radius 1 is 1.50 bits per heavy atom. The van der Waals surface area contributed by atoms with Crippen LogP contribution in [0, 0.1) is 6.92 Å². The van der Waals surface area contributed by atoms with Gasteiger partial charge in [-0.05, 0) is 46.0 Å². The van der Waals surface area contributed by atoms with Crippen LogP contribution in [-0.4, -0.2) is 21.7 Å². The van der Waals surface area contributed by atoms with Crippen molar-refractivity contribution in [2.45, 2.75) is 65.5 Å². The first kappa shape index (κ1) is 14.8. The van der Waals surface area contributed by atoms with Gasteiger partial charge in [-0.25, -0.2) is 0 Å². The number of carbonyl (C=O) groups excluding carboxylic acids is 1. The summed E-state index contributed by atoms with van der Waals surface area (Å²) < 4.78 is 1.86. The predicted molar refractivity (Wildman–Crippen MR) is 80.7 cm³/mol. The zero-order chi connectivity index (χ0) is 14.5. The zero-order valence-electron chi connectivity index (χ0n) is 12.8. The predicted octanol–water partition coefficient (Wildman–Crippen LogP) is 3.22. The molecule has 1 aromatic heterocycles. The molecular formula is C16H25N3O. The maximum absolute atomic E-state index is 12.3. The molecular weight excluding hydrogens is 250 g/mol. The van der Waals surface area contributed by atoms with E-state index in [1.807, 2.05) is 17.8 Å². The molecule has 1 aromatic rings. The summed E-state index contributed by atoms with van der Waals surface area (Å²) in [7, 11) is 0. The van der Waals surface area contributed by atoms with E-state index >= 15 is 0 Å². The number of allylic oxidation sites excluding steroid dienone is 1. The van der Waals surface area contributed by atoms with Gasteiger partial charge in [0, 0.05) is 18.8 Å². The lowest BCUT2D eigenvalue weighted by Crippen LogP contribution is -2.34. The summed E-state index contributed by atoms with van der Waals surface area (Å²) >= 11 is 0. The summed E-state index contributed by atoms with van der Waals surface area (Å²) in [5.74, 6) is -0.0103. The highest BCUT2D eigenvalue weighted by Crippen LogP contribution is 2.20. The van der Waals surface area contributed by atoms with E-state index in [9.17, 15) is 4.79 Å². The number of nitrogens with one attached hydrogen (secondary N) is 1. The van der Waals surface area contributed by atoms with E-state index in [2.05, 4.69) is 30.3 Å². The van der Waals surface area contributed by atoms with Crippen molar-refractivity contribution in [3.8, 4) is 0 Å². The third kappa shape index (κ3) is 3.50. The van der Waals surface area contributed by atoms with Gasteiger partial charge in [0.25, 0.3) is 5.91 Å². The average molecular weight is 275 g/mol. The fourth-order valence-electron chi connectivity index (χ4n) is 2.71. The van der Waals surface area contributed by atoms with Gasteiger partial charge in [-0.1, -0.05) is 18.6 Å². The number of hydrogen-bond acceptors (Lipinski definition) is 2. The van der Waals surface area contributed by atoms with Gasteiger partial charge in [0.15, 0.2) is 0 Å². The Labute approximate surface area is 121 Å². The van der Waals surface area contributed by atoms with Crippen molar-refractivity contribution in [2.24, 2.45) is 0 Å². The minimum atomic E-state index is -0.0103. The monoisotopic (exact) mass is 275 g/mol. The van der Waals surface area contributed by atoms with E-state index in [1.165, 1.54) is 18.4 Å². The Balaban J connectivity index is 2.02. The van der Waals surface area contributed by atoms with E-state index in [1.54, 1.807) is 0 Å². The molecule has 1 aliphatic rings. The molecule has 0 bridgehead atoms. The maximum Gasteiger partial charge on any atom is 0.255 e. The van der Waals surface area contributed by atoms with Crippen LogP contribution >= 0.6 is 0 Å². The minimum absolute atomic E-state index is 0.0103. The number of aromatic nitrogens is 2. The van der Waals surface area contributed by atoms with Crippen LogP contribution in [0.5, 0.6) is 0 Å². The molecule has 0 aromatic carbocycles. The Morgan fingerprint density at radius 3 is 2.95 bits per heavy atom. The fourth-order valence-corrected chi connectivity index (χ4v) is 2.71. The number of hydrogen-bond donors (Lipinski definition) is 1. The Morgan fingerprint density at radius 2 is 2.30 bits per heavy atom. The van der Waals surface area contributed by atoms with Gasteiger partial charge in [-0.15, -0.1) is 0 Å². The van der Waals surface area contributed by atoms with Gasteiger partial charge in [0.2, 0.25) is 0 Å². The molecule has 4 nitrogen and oxygen atoms in total. The standard InChI is InChI=1S/C16H25N3O/c1-4-10-19-11-15(13(3)18-19)16(20)17-12(2)14-8-6-5-7-9-14/h8,11-12H,4-7,9-10H2,1-3H3,(H,17,20)/t12-/m1/s1. The topological polar surface area (TPSA) is 46.9 Å². The second-order valence-electron chi connectivity index (χ2n) is 5.61. The first-order valence-electron chi connectivity index (χ1n) is 7.65. The second kappa shape index (κ2) is 6.73. The summed E-state index contributed by atoms with van der Waals surface area (Å²) in [4.78, 5) is 12.3. The van der Waals surface area contributed by atoms with E-state index in [0.29, 0.717) is 5.56 Å². The van der Waals surface area contributed by atoms with Crippen molar-refractivity contribution in [3.05, 3.63) is 29.1 Å². The molecule has 0 saturated carbocycles. The molecule has 0 spiro atoms. The van der Waals surface area contributed by atoms with Crippen LogP contribution in [0.1, 0.15) is 62.0 Å². The van der Waals surface area contributed by atoms with Crippen LogP contribution in [0.4, 0.5) is 0 Å². The summed E-state index contributed by atoms with van der Waals surface area (Å²) in [6.07, 6.45) is 9.91. The molecule has 20 heavy (non-hydrogen) atoms. The lowest BCUT2D eigenvalue weighted by atomic mass is 9.94. The van der Waals surface area contributed by atoms with E-state index < -0.39 is 0 Å². The van der Waals surface area contributed by atoms with Crippen LogP contribution in [0.2, 0.25) is 0 Å². The van der Waals surface area contributed by atoms with Crippen molar-refractivity contribution >= 4 is 5.91 Å². The van der Waals surface area contributed by atoms with Crippen molar-refractivity contribution in [2.75, 3.05) is 0 Å². The van der Waals surface area contributed by atoms with Crippen LogP contribution in [-0.2, 0) is 6.54 Å². The van der Waals surface area contributed by atoms with Crippen LogP contribution in [0.15, 0.2) is 17.8 Å². The minimum Gasteiger partial charge on any atom is -0.346 e. The molecule has 0 unspecified atom stereocenters. The molecule has 110 valence electrons. The molecule has 0 saturated heterocycles. The van der Waals surface area contributed by atoms with Crippen molar-refractivity contribution in [3.63, 3.8) is 0 Å². The average Bonchev–Trinajstić information content (AvgIpc) is 2.81. The molecule has 0 fully saturated rings. The van der Waals surface area contributed by atoms with E-state index in [-0.39, 0.29) is 11.9 Å². The van der Waals surface area contributed by atoms with Gasteiger partial charge >= 0.3 is 0 Å². The molecule has 1 amide bonds. The van der Waals surface area contributed by atoms with Crippen LogP contribution in [0.3, 0.4) is 0 Å². The third-order valence-corrected chi connectivity index (χ3v) is 3.87. The Bertz CT molecular complexity index is 502. The van der Waals surface area contributed by atoms with Gasteiger partial charge in [0.1, 0.15) is 0 Å². The van der Waals surface area contributed by atoms with Crippen molar-refractivity contribution in [1.82, 2.24) is 15.1 Å². The zero-order valence-corrected chi connectivity index (χ0v) is 12.8. The summed E-state index contributed by atoms with van der Waals surface area (Å²) in [5.41, 5.74) is 2.87. The normalized spacial score (nSPS) is 16.6. The maximum atomic E-state index is 12.3. The molecule has 1 N–H and O–H groups in total. The SMILES string of the molecule is CCCn1cc(C(=O)N[C@H](C)C2=CCCCC2)c(C)n1. The highest BCUT2D eigenvalue weighted by atomic mass is 16.1. The van der Waals surface area contributed by atoms with Crippen molar-refractivity contribution < 1.29 is 4.79 Å². The molecule has 0 radical (unpaired) electrons. The highest BCUT2D eigenvalue weighted by Gasteiger charge is 2.18. The lowest BCUT2D eigenvalue weighted by molar-refractivity contribution is 0.0944. The quantitative estimate of drug-likeness (QED) is 0.839. The summed E-state index contributed by atoms with van der Waals surface area (Å²) in [6.45, 7) is 6.93. The smallest absolute Gasteiger partial charge is 0.255 e. The molecule has 2 rings (SSSR count). The number of carbonyl (C=O) groups is 1. The second-order valence-corrected chi connectivity index (χ2v) is 5.61. The summed E-state index contributed by atoms with van der Waals surface area (Å²) in [6, 6.07) is 0.122. The molecule has 1 heterocycles. The van der Waals surface area contributed by atoms with Crippen LogP contribution in [0.25, 0.3) is 0 Å². The Kier molecular flexibility index (Phi) is 4.99. The largest absolute Gasteiger partial charge is 0.346 e. The van der Waals surface area contributed by atoms with Gasteiger partial charge in [-0.3, -0.25) is 9.48 Å². The number of amides is 1. The van der Waals surface area contributed by atoms with E-state index in [4.69, 9.17) is 0 Å². The van der Waals surface area contributed by atoms with E-state index in [0.717, 1.165) is 31.5 Å². The highest BCUT2D eigenvalue weighted by molar-refractivity contribution is 5.95. The first-order chi connectivity index (χ1) is 9.61. The van der Waals surface area contributed by atoms with Crippen LogP contribution < -0.4 is 5.32 Å². The summed E-state index contributed by atoms with van der Waals surface area (Å²) in [5, 5.41) is 7.48. The van der Waals surface area contributed by atoms with Gasteiger partial charge in [-0.2, -0.15) is 5.10 Å². The molecule has 1 aliphatic carbocycles. The van der Waals surface area contributed by atoms with Crippen molar-refractivity contribution in [1.29, 1.82) is 0 Å². The molecule has 4 heteroatoms. The fraction of sp³-hybridized carbons (Fsp3) is 0.625. The Hall–Kier alpha value is -1.58. The van der Waals surface area contributed by atoms with Gasteiger partial charge in [0.05, 0.1) is 11.3 Å². The van der Waals surface area contributed by atoms with Gasteiger partial charge < -0.3 is 5.32 Å². The lowest BCUT2D eigenvalue weighted by Gasteiger charge is -2.20. The molecule has 0 aliphatic heterocycles. The first-order valence-corrected chi connectivity index (χ1v) is 7.65. The number of aryl methyl sites for hydroxylation is 2. The number of nitrogens with zero attached hydrogens (tertiary/aromatic N) is 2. The molecule has 1 atom stereocenters.